The van der Waals surface area contributed by atoms with Gasteiger partial charge in [0.25, 0.3) is 12.3 Å². The van der Waals surface area contributed by atoms with Crippen molar-refractivity contribution in [1.29, 1.82) is 0 Å². The minimum Gasteiger partial charge on any atom is -0.382 e. The highest BCUT2D eigenvalue weighted by Gasteiger charge is 2.49. The summed E-state index contributed by atoms with van der Waals surface area (Å²) in [4.78, 5) is 31.4. The van der Waals surface area contributed by atoms with E-state index in [1.165, 1.54) is 30.2 Å². The number of alkyl halides is 2. The summed E-state index contributed by atoms with van der Waals surface area (Å²) in [5, 5.41) is 3.47. The van der Waals surface area contributed by atoms with Gasteiger partial charge in [-0.2, -0.15) is 0 Å². The Bertz CT molecular complexity index is 947. The number of halogens is 2. The molecule has 1 saturated carbocycles. The summed E-state index contributed by atoms with van der Waals surface area (Å²) >= 11 is 1.23. The maximum absolute atomic E-state index is 13.4. The molecule has 0 radical (unpaired) electrons. The van der Waals surface area contributed by atoms with Gasteiger partial charge in [0, 0.05) is 25.0 Å². The number of thioether (sulfide) groups is 1. The molecule has 160 valence electrons. The first-order valence-electron chi connectivity index (χ1n) is 9.80. The van der Waals surface area contributed by atoms with E-state index in [-0.39, 0.29) is 29.2 Å². The summed E-state index contributed by atoms with van der Waals surface area (Å²) in [6.45, 7) is 0.684. The van der Waals surface area contributed by atoms with E-state index in [1.54, 1.807) is 6.26 Å². The second-order valence-electron chi connectivity index (χ2n) is 7.54. The first kappa shape index (κ1) is 20.7. The predicted octanol–water partition coefficient (Wildman–Crippen LogP) is 2.83. The molecule has 11 heteroatoms. The highest BCUT2D eigenvalue weighted by atomic mass is 32.2. The Morgan fingerprint density at radius 1 is 1.30 bits per heavy atom. The third kappa shape index (κ3) is 3.78. The largest absolute Gasteiger partial charge is 0.382 e. The zero-order valence-electron chi connectivity index (χ0n) is 16.5. The molecule has 1 saturated heterocycles. The van der Waals surface area contributed by atoms with Crippen LogP contribution >= 0.6 is 11.8 Å². The first-order valence-corrected chi connectivity index (χ1v) is 11.0. The molecule has 2 aromatic heterocycles. The quantitative estimate of drug-likeness (QED) is 0.545. The molecule has 2 unspecified atom stereocenters. The van der Waals surface area contributed by atoms with Crippen molar-refractivity contribution in [1.82, 2.24) is 25.3 Å². The molecule has 8 nitrogen and oxygen atoms in total. The van der Waals surface area contributed by atoms with Crippen molar-refractivity contribution < 1.29 is 13.6 Å². The van der Waals surface area contributed by atoms with E-state index >= 15 is 0 Å². The molecular weight excluding hydrogens is 412 g/mol. The molecule has 0 aromatic carbocycles. The van der Waals surface area contributed by atoms with E-state index in [4.69, 9.17) is 5.73 Å². The lowest BCUT2D eigenvalue weighted by atomic mass is 9.83. The normalized spacial score (nSPS) is 23.5. The van der Waals surface area contributed by atoms with Crippen LogP contribution in [0.3, 0.4) is 0 Å². The molecule has 0 bridgehead atoms. The molecule has 2 fully saturated rings. The Kier molecular flexibility index (Phi) is 5.72. The molecule has 4 rings (SSSR count). The van der Waals surface area contributed by atoms with E-state index in [0.717, 1.165) is 32.1 Å². The van der Waals surface area contributed by atoms with Crippen LogP contribution < -0.4 is 16.0 Å². The molecule has 3 N–H and O–H groups in total. The lowest BCUT2D eigenvalue weighted by Crippen LogP contribution is -2.63. The molecule has 1 amide bonds. The number of nitrogens with zero attached hydrogens (tertiary/aromatic N) is 5. The van der Waals surface area contributed by atoms with E-state index in [2.05, 4.69) is 25.3 Å². The van der Waals surface area contributed by atoms with Crippen molar-refractivity contribution >= 4 is 29.3 Å². The third-order valence-electron chi connectivity index (χ3n) is 5.85. The number of carbonyl (C=O) groups is 1. The van der Waals surface area contributed by atoms with Gasteiger partial charge < -0.3 is 16.0 Å². The monoisotopic (exact) mass is 435 g/mol. The Balaban J connectivity index is 1.65. The SMILES string of the molecule is CSc1nc(C(F)F)cc(N2CCCC3(NC(=O)c4nccnc4N)CCCC23)n1. The van der Waals surface area contributed by atoms with Crippen LogP contribution in [-0.4, -0.2) is 50.2 Å². The zero-order chi connectivity index (χ0) is 21.3. The van der Waals surface area contributed by atoms with Crippen molar-refractivity contribution in [3.8, 4) is 0 Å². The van der Waals surface area contributed by atoms with Gasteiger partial charge >= 0.3 is 0 Å². The zero-order valence-corrected chi connectivity index (χ0v) is 17.3. The van der Waals surface area contributed by atoms with Crippen LogP contribution in [0.2, 0.25) is 0 Å². The number of hydrogen-bond acceptors (Lipinski definition) is 8. The molecule has 2 atom stereocenters. The number of fused-ring (bicyclic) bond motifs is 1. The second-order valence-corrected chi connectivity index (χ2v) is 8.32. The van der Waals surface area contributed by atoms with Crippen molar-refractivity contribution in [2.45, 2.75) is 55.3 Å². The summed E-state index contributed by atoms with van der Waals surface area (Å²) in [6, 6.07) is 1.31. The summed E-state index contributed by atoms with van der Waals surface area (Å²) in [5.74, 6) is 0.194. The molecule has 2 aliphatic rings. The van der Waals surface area contributed by atoms with Gasteiger partial charge in [0.05, 0.1) is 11.6 Å². The van der Waals surface area contributed by atoms with E-state index < -0.39 is 12.0 Å². The highest BCUT2D eigenvalue weighted by molar-refractivity contribution is 7.98. The number of aromatic nitrogens is 4. The van der Waals surface area contributed by atoms with Crippen LogP contribution in [0.5, 0.6) is 0 Å². The second kappa shape index (κ2) is 8.29. The number of nitrogens with one attached hydrogen (secondary N) is 1. The number of nitrogen functional groups attached to an aromatic ring is 1. The Morgan fingerprint density at radius 2 is 2.07 bits per heavy atom. The van der Waals surface area contributed by atoms with Crippen LogP contribution in [-0.2, 0) is 0 Å². The number of piperidine rings is 1. The van der Waals surface area contributed by atoms with Crippen molar-refractivity contribution in [3.63, 3.8) is 0 Å². The molecular formula is C19H23F2N7OS. The van der Waals surface area contributed by atoms with Gasteiger partial charge in [-0.3, -0.25) is 4.79 Å². The fourth-order valence-electron chi connectivity index (χ4n) is 4.59. The van der Waals surface area contributed by atoms with E-state index in [0.29, 0.717) is 17.5 Å². The molecule has 2 aromatic rings. The molecule has 30 heavy (non-hydrogen) atoms. The van der Waals surface area contributed by atoms with Crippen LogP contribution in [0.1, 0.15) is 54.7 Å². The summed E-state index contributed by atoms with van der Waals surface area (Å²) < 4.78 is 26.7. The number of carbonyl (C=O) groups excluding carboxylic acids is 1. The first-order chi connectivity index (χ1) is 14.4. The minimum atomic E-state index is -2.67. The van der Waals surface area contributed by atoms with Gasteiger partial charge in [-0.25, -0.2) is 28.7 Å². The van der Waals surface area contributed by atoms with E-state index in [9.17, 15) is 13.6 Å². The summed E-state index contributed by atoms with van der Waals surface area (Å²) in [6.07, 6.45) is 6.09. The number of nitrogens with two attached hydrogens (primary N) is 1. The lowest BCUT2D eigenvalue weighted by molar-refractivity contribution is 0.0865. The average Bonchev–Trinajstić information content (AvgIpc) is 3.17. The number of hydrogen-bond donors (Lipinski definition) is 2. The standard InChI is InChI=1S/C19H23F2N7OS/c1-30-18-25-11(15(20)21)10-13(26-18)28-9-3-6-19(5-2-4-12(19)28)27-17(29)14-16(22)24-8-7-23-14/h7-8,10,12,15H,2-6,9H2,1H3,(H2,22,24)(H,27,29). The number of rotatable bonds is 5. The summed E-state index contributed by atoms with van der Waals surface area (Å²) in [5.41, 5.74) is 5.15. The lowest BCUT2D eigenvalue weighted by Gasteiger charge is -2.47. The maximum atomic E-state index is 13.4. The molecule has 3 heterocycles. The van der Waals surface area contributed by atoms with Crippen LogP contribution in [0.4, 0.5) is 20.4 Å². The average molecular weight is 436 g/mol. The molecule has 0 spiro atoms. The van der Waals surface area contributed by atoms with Crippen LogP contribution in [0.25, 0.3) is 0 Å². The van der Waals surface area contributed by atoms with Crippen LogP contribution in [0.15, 0.2) is 23.6 Å². The fourth-order valence-corrected chi connectivity index (χ4v) is 4.97. The van der Waals surface area contributed by atoms with Crippen LogP contribution in [0, 0.1) is 0 Å². The van der Waals surface area contributed by atoms with Gasteiger partial charge in [-0.15, -0.1) is 0 Å². The topological polar surface area (TPSA) is 110 Å². The minimum absolute atomic E-state index is 0.0526. The van der Waals surface area contributed by atoms with Gasteiger partial charge in [0.15, 0.2) is 16.7 Å². The maximum Gasteiger partial charge on any atom is 0.280 e. The number of amides is 1. The molecule has 1 aliphatic heterocycles. The smallest absolute Gasteiger partial charge is 0.280 e. The van der Waals surface area contributed by atoms with E-state index in [1.807, 2.05) is 4.90 Å². The fraction of sp³-hybridized carbons (Fsp3) is 0.526. The van der Waals surface area contributed by atoms with Crippen molar-refractivity contribution in [2.75, 3.05) is 23.4 Å². The van der Waals surface area contributed by atoms with Gasteiger partial charge in [0.1, 0.15) is 11.5 Å². The van der Waals surface area contributed by atoms with Crippen molar-refractivity contribution in [2.24, 2.45) is 0 Å². The molecule has 1 aliphatic carbocycles. The van der Waals surface area contributed by atoms with Gasteiger partial charge in [-0.05, 0) is 38.4 Å². The third-order valence-corrected chi connectivity index (χ3v) is 6.40. The Morgan fingerprint density at radius 3 is 2.80 bits per heavy atom. The van der Waals surface area contributed by atoms with Gasteiger partial charge in [0.2, 0.25) is 0 Å². The van der Waals surface area contributed by atoms with Crippen molar-refractivity contribution in [3.05, 3.63) is 29.8 Å². The van der Waals surface area contributed by atoms with Gasteiger partial charge in [-0.1, -0.05) is 11.8 Å². The Labute approximate surface area is 177 Å². The number of anilines is 2. The highest BCUT2D eigenvalue weighted by Crippen LogP contribution is 2.43. The summed E-state index contributed by atoms with van der Waals surface area (Å²) in [7, 11) is 0. The Hall–Kier alpha value is -2.56. The predicted molar refractivity (Wildman–Crippen MR) is 110 cm³/mol.